The van der Waals surface area contributed by atoms with Crippen LogP contribution in [0, 0.1) is 18.2 Å². The lowest BCUT2D eigenvalue weighted by Gasteiger charge is -2.22. The molecule has 0 unspecified atom stereocenters. The van der Waals surface area contributed by atoms with Gasteiger partial charge in [0, 0.05) is 24.7 Å². The molecule has 0 fully saturated rings. The molecule has 1 aromatic rings. The normalized spacial score (nSPS) is 10.4. The van der Waals surface area contributed by atoms with E-state index in [2.05, 4.69) is 16.2 Å². The van der Waals surface area contributed by atoms with Crippen molar-refractivity contribution < 1.29 is 4.39 Å². The van der Waals surface area contributed by atoms with E-state index in [4.69, 9.17) is 6.42 Å². The molecule has 3 nitrogen and oxygen atoms in total. The lowest BCUT2D eigenvalue weighted by atomic mass is 10.2. The molecule has 0 atom stereocenters. The summed E-state index contributed by atoms with van der Waals surface area (Å²) in [6.07, 6.45) is 6.56. The average molecular weight is 249 g/mol. The maximum absolute atomic E-state index is 13.3. The van der Waals surface area contributed by atoms with E-state index in [1.54, 1.807) is 0 Å². The van der Waals surface area contributed by atoms with Crippen LogP contribution in [0.5, 0.6) is 0 Å². The van der Waals surface area contributed by atoms with Gasteiger partial charge >= 0.3 is 0 Å². The summed E-state index contributed by atoms with van der Waals surface area (Å²) in [6, 6.07) is 1.85. The highest BCUT2D eigenvalue weighted by Gasteiger charge is 2.12. The molecule has 1 heterocycles. The molecule has 1 N–H and O–H groups in total. The molecule has 0 aliphatic heterocycles. The Morgan fingerprint density at radius 2 is 2.28 bits per heavy atom. The fourth-order valence-corrected chi connectivity index (χ4v) is 1.65. The first-order valence-corrected chi connectivity index (χ1v) is 6.14. The van der Waals surface area contributed by atoms with Crippen LogP contribution in [0.1, 0.15) is 26.3 Å². The lowest BCUT2D eigenvalue weighted by Crippen LogP contribution is -2.28. The number of halogens is 1. The molecule has 0 aromatic carbocycles. The number of hydrogen-bond acceptors (Lipinski definition) is 3. The molecule has 18 heavy (non-hydrogen) atoms. The van der Waals surface area contributed by atoms with Crippen molar-refractivity contribution in [2.45, 2.75) is 33.4 Å². The highest BCUT2D eigenvalue weighted by molar-refractivity contribution is 5.47. The first kappa shape index (κ1) is 14.5. The zero-order valence-corrected chi connectivity index (χ0v) is 11.2. The standard InChI is InChI=1S/C14H20FN3/c1-5-7-18(6-2)14-12(9-16-11(3)4)8-13(15)10-17-14/h1,8,10-11,16H,6-7,9H2,2-4H3. The molecular formula is C14H20FN3. The van der Waals surface area contributed by atoms with Crippen molar-refractivity contribution in [2.75, 3.05) is 18.0 Å². The second-order valence-electron chi connectivity index (χ2n) is 4.39. The molecule has 0 radical (unpaired) electrons. The van der Waals surface area contributed by atoms with E-state index in [0.717, 1.165) is 17.9 Å². The molecule has 1 aromatic heterocycles. The van der Waals surface area contributed by atoms with Gasteiger partial charge in [-0.2, -0.15) is 0 Å². The van der Waals surface area contributed by atoms with E-state index in [-0.39, 0.29) is 5.82 Å². The molecule has 0 bridgehead atoms. The highest BCUT2D eigenvalue weighted by atomic mass is 19.1. The van der Waals surface area contributed by atoms with Gasteiger partial charge < -0.3 is 10.2 Å². The lowest BCUT2D eigenvalue weighted by molar-refractivity contribution is 0.577. The molecule has 0 aliphatic rings. The Morgan fingerprint density at radius 1 is 1.56 bits per heavy atom. The molecule has 0 spiro atoms. The monoisotopic (exact) mass is 249 g/mol. The van der Waals surface area contributed by atoms with Crippen molar-refractivity contribution in [2.24, 2.45) is 0 Å². The zero-order chi connectivity index (χ0) is 13.5. The summed E-state index contributed by atoms with van der Waals surface area (Å²) in [5.74, 6) is 3.03. The Bertz CT molecular complexity index is 424. The quantitative estimate of drug-likeness (QED) is 0.783. The largest absolute Gasteiger partial charge is 0.345 e. The number of aromatic nitrogens is 1. The Morgan fingerprint density at radius 3 is 2.83 bits per heavy atom. The van der Waals surface area contributed by atoms with Gasteiger partial charge in [0.05, 0.1) is 12.7 Å². The average Bonchev–Trinajstić information content (AvgIpc) is 2.34. The van der Waals surface area contributed by atoms with Crippen molar-refractivity contribution >= 4 is 5.82 Å². The van der Waals surface area contributed by atoms with Crippen molar-refractivity contribution in [1.82, 2.24) is 10.3 Å². The number of nitrogens with one attached hydrogen (secondary N) is 1. The summed E-state index contributed by atoms with van der Waals surface area (Å²) >= 11 is 0. The number of terminal acetylenes is 1. The third-order valence-corrected chi connectivity index (χ3v) is 2.57. The maximum atomic E-state index is 13.3. The SMILES string of the molecule is C#CCN(CC)c1ncc(F)cc1CNC(C)C. The second kappa shape index (κ2) is 6.97. The van der Waals surface area contributed by atoms with Crippen molar-refractivity contribution in [3.8, 4) is 12.3 Å². The fraction of sp³-hybridized carbons (Fsp3) is 0.500. The summed E-state index contributed by atoms with van der Waals surface area (Å²) in [6.45, 7) is 7.90. The Hall–Kier alpha value is -1.60. The van der Waals surface area contributed by atoms with Gasteiger partial charge in [0.2, 0.25) is 0 Å². The van der Waals surface area contributed by atoms with Gasteiger partial charge in [-0.1, -0.05) is 19.8 Å². The van der Waals surface area contributed by atoms with Crippen molar-refractivity contribution in [1.29, 1.82) is 0 Å². The van der Waals surface area contributed by atoms with E-state index in [0.29, 0.717) is 19.1 Å². The van der Waals surface area contributed by atoms with Crippen LogP contribution in [0.4, 0.5) is 10.2 Å². The summed E-state index contributed by atoms with van der Waals surface area (Å²) in [7, 11) is 0. The van der Waals surface area contributed by atoms with Crippen LogP contribution >= 0.6 is 0 Å². The fourth-order valence-electron chi connectivity index (χ4n) is 1.65. The van der Waals surface area contributed by atoms with Crippen LogP contribution in [0.15, 0.2) is 12.3 Å². The van der Waals surface area contributed by atoms with Crippen LogP contribution in [-0.4, -0.2) is 24.1 Å². The van der Waals surface area contributed by atoms with Gasteiger partial charge in [-0.05, 0) is 13.0 Å². The predicted octanol–water partition coefficient (Wildman–Crippen LogP) is 2.18. The third kappa shape index (κ3) is 4.01. The van der Waals surface area contributed by atoms with Crippen LogP contribution in [0.3, 0.4) is 0 Å². The van der Waals surface area contributed by atoms with E-state index in [1.807, 2.05) is 25.7 Å². The molecule has 98 valence electrons. The predicted molar refractivity (Wildman–Crippen MR) is 72.9 cm³/mol. The van der Waals surface area contributed by atoms with Crippen LogP contribution in [-0.2, 0) is 6.54 Å². The van der Waals surface area contributed by atoms with Crippen LogP contribution < -0.4 is 10.2 Å². The minimum atomic E-state index is -0.323. The number of hydrogen-bond donors (Lipinski definition) is 1. The van der Waals surface area contributed by atoms with Gasteiger partial charge in [0.25, 0.3) is 0 Å². The van der Waals surface area contributed by atoms with E-state index in [1.165, 1.54) is 12.3 Å². The van der Waals surface area contributed by atoms with Gasteiger partial charge in [-0.15, -0.1) is 6.42 Å². The molecule has 1 rings (SSSR count). The first-order valence-electron chi connectivity index (χ1n) is 6.14. The van der Waals surface area contributed by atoms with Crippen LogP contribution in [0.25, 0.3) is 0 Å². The second-order valence-corrected chi connectivity index (χ2v) is 4.39. The van der Waals surface area contributed by atoms with E-state index in [9.17, 15) is 4.39 Å². The topological polar surface area (TPSA) is 28.2 Å². The number of anilines is 1. The Balaban J connectivity index is 2.98. The Kier molecular flexibility index (Phi) is 5.60. The van der Waals surface area contributed by atoms with Gasteiger partial charge in [-0.25, -0.2) is 9.37 Å². The van der Waals surface area contributed by atoms with Gasteiger partial charge in [0.1, 0.15) is 11.6 Å². The summed E-state index contributed by atoms with van der Waals surface area (Å²) < 4.78 is 13.3. The summed E-state index contributed by atoms with van der Waals surface area (Å²) in [5.41, 5.74) is 0.834. The maximum Gasteiger partial charge on any atom is 0.141 e. The van der Waals surface area contributed by atoms with Crippen molar-refractivity contribution in [3.05, 3.63) is 23.6 Å². The number of nitrogens with zero attached hydrogens (tertiary/aromatic N) is 2. The molecular weight excluding hydrogens is 229 g/mol. The minimum absolute atomic E-state index is 0.323. The number of rotatable bonds is 6. The molecule has 0 amide bonds. The molecule has 0 aliphatic carbocycles. The Labute approximate surface area is 108 Å². The van der Waals surface area contributed by atoms with Crippen molar-refractivity contribution in [3.63, 3.8) is 0 Å². The van der Waals surface area contributed by atoms with E-state index < -0.39 is 0 Å². The summed E-state index contributed by atoms with van der Waals surface area (Å²) in [4.78, 5) is 6.12. The summed E-state index contributed by atoms with van der Waals surface area (Å²) in [5, 5.41) is 3.27. The van der Waals surface area contributed by atoms with Gasteiger partial charge in [-0.3, -0.25) is 0 Å². The van der Waals surface area contributed by atoms with Gasteiger partial charge in [0.15, 0.2) is 0 Å². The zero-order valence-electron chi connectivity index (χ0n) is 11.2. The molecule has 0 saturated carbocycles. The smallest absolute Gasteiger partial charge is 0.141 e. The van der Waals surface area contributed by atoms with E-state index >= 15 is 0 Å². The highest BCUT2D eigenvalue weighted by Crippen LogP contribution is 2.18. The molecule has 0 saturated heterocycles. The number of pyridine rings is 1. The van der Waals surface area contributed by atoms with Crippen LogP contribution in [0.2, 0.25) is 0 Å². The molecule has 4 heteroatoms. The minimum Gasteiger partial charge on any atom is -0.345 e. The first-order chi connectivity index (χ1) is 8.58. The third-order valence-electron chi connectivity index (χ3n) is 2.57.